The number of aromatic nitrogens is 2. The van der Waals surface area contributed by atoms with E-state index < -0.39 is 0 Å². The number of carbonyl (C=O) groups excluding carboxylic acids is 1. The maximum absolute atomic E-state index is 11.5. The van der Waals surface area contributed by atoms with E-state index in [9.17, 15) is 4.79 Å². The molecular weight excluding hydrogens is 242 g/mol. The Balaban J connectivity index is 1.65. The molecule has 5 nitrogen and oxygen atoms in total. The lowest BCUT2D eigenvalue weighted by Crippen LogP contribution is -2.30. The molecule has 0 aliphatic rings. The molecule has 1 aromatic carbocycles. The van der Waals surface area contributed by atoms with Crippen molar-refractivity contribution in [2.24, 2.45) is 0 Å². The first kappa shape index (κ1) is 13.1. The van der Waals surface area contributed by atoms with E-state index in [2.05, 4.69) is 15.3 Å². The summed E-state index contributed by atoms with van der Waals surface area (Å²) in [7, 11) is 0. The highest BCUT2D eigenvalue weighted by Crippen LogP contribution is 2.10. The van der Waals surface area contributed by atoms with Crippen molar-refractivity contribution in [2.75, 3.05) is 13.2 Å². The van der Waals surface area contributed by atoms with Crippen molar-refractivity contribution >= 4 is 5.91 Å². The van der Waals surface area contributed by atoms with E-state index in [1.165, 1.54) is 0 Å². The SMILES string of the molecule is Cc1ccc(OCC(=O)NCCc2cnc[nH]2)cc1. The van der Waals surface area contributed by atoms with E-state index in [1.807, 2.05) is 31.2 Å². The maximum Gasteiger partial charge on any atom is 0.257 e. The van der Waals surface area contributed by atoms with Crippen LogP contribution in [-0.4, -0.2) is 29.0 Å². The molecule has 2 N–H and O–H groups in total. The molecule has 100 valence electrons. The zero-order chi connectivity index (χ0) is 13.5. The van der Waals surface area contributed by atoms with E-state index in [0.29, 0.717) is 12.3 Å². The van der Waals surface area contributed by atoms with Gasteiger partial charge in [-0.3, -0.25) is 4.79 Å². The highest BCUT2D eigenvalue weighted by molar-refractivity contribution is 5.77. The van der Waals surface area contributed by atoms with E-state index in [1.54, 1.807) is 12.5 Å². The van der Waals surface area contributed by atoms with Gasteiger partial charge in [0.05, 0.1) is 6.33 Å². The number of ether oxygens (including phenoxy) is 1. The van der Waals surface area contributed by atoms with Crippen LogP contribution in [0.4, 0.5) is 0 Å². The largest absolute Gasteiger partial charge is 0.484 e. The molecule has 0 saturated heterocycles. The van der Waals surface area contributed by atoms with Crippen LogP contribution in [0.15, 0.2) is 36.8 Å². The molecule has 0 fully saturated rings. The molecule has 0 unspecified atom stereocenters. The quantitative estimate of drug-likeness (QED) is 0.825. The molecule has 1 amide bonds. The fourth-order valence-electron chi connectivity index (χ4n) is 1.59. The van der Waals surface area contributed by atoms with Crippen LogP contribution in [0, 0.1) is 6.92 Å². The van der Waals surface area contributed by atoms with E-state index in [-0.39, 0.29) is 12.5 Å². The van der Waals surface area contributed by atoms with Crippen molar-refractivity contribution in [1.82, 2.24) is 15.3 Å². The van der Waals surface area contributed by atoms with Gasteiger partial charge in [-0.25, -0.2) is 4.98 Å². The Labute approximate surface area is 112 Å². The number of benzene rings is 1. The number of nitrogens with one attached hydrogen (secondary N) is 2. The van der Waals surface area contributed by atoms with Gasteiger partial charge in [-0.2, -0.15) is 0 Å². The van der Waals surface area contributed by atoms with Crippen LogP contribution >= 0.6 is 0 Å². The maximum atomic E-state index is 11.5. The van der Waals surface area contributed by atoms with Crippen LogP contribution in [0.25, 0.3) is 0 Å². The minimum Gasteiger partial charge on any atom is -0.484 e. The molecule has 2 aromatic rings. The van der Waals surface area contributed by atoms with Crippen molar-refractivity contribution in [1.29, 1.82) is 0 Å². The third-order valence-electron chi connectivity index (χ3n) is 2.66. The molecule has 1 heterocycles. The number of carbonyl (C=O) groups is 1. The molecule has 1 aromatic heterocycles. The zero-order valence-electron chi connectivity index (χ0n) is 10.8. The molecule has 5 heteroatoms. The smallest absolute Gasteiger partial charge is 0.257 e. The summed E-state index contributed by atoms with van der Waals surface area (Å²) in [5, 5.41) is 2.79. The monoisotopic (exact) mass is 259 g/mol. The number of aryl methyl sites for hydroxylation is 1. The first-order valence-corrected chi connectivity index (χ1v) is 6.17. The van der Waals surface area contributed by atoms with Crippen molar-refractivity contribution in [3.8, 4) is 5.75 Å². The van der Waals surface area contributed by atoms with Gasteiger partial charge in [-0.1, -0.05) is 17.7 Å². The number of rotatable bonds is 6. The van der Waals surface area contributed by atoms with Gasteiger partial charge in [-0.05, 0) is 19.1 Å². The summed E-state index contributed by atoms with van der Waals surface area (Å²) in [5.74, 6) is 0.578. The van der Waals surface area contributed by atoms with Gasteiger partial charge in [0.1, 0.15) is 5.75 Å². The van der Waals surface area contributed by atoms with Crippen molar-refractivity contribution in [2.45, 2.75) is 13.3 Å². The lowest BCUT2D eigenvalue weighted by molar-refractivity contribution is -0.123. The zero-order valence-corrected chi connectivity index (χ0v) is 10.8. The number of hydrogen-bond donors (Lipinski definition) is 2. The fraction of sp³-hybridized carbons (Fsp3) is 0.286. The van der Waals surface area contributed by atoms with E-state index >= 15 is 0 Å². The van der Waals surface area contributed by atoms with Crippen LogP contribution in [0.1, 0.15) is 11.3 Å². The predicted octanol–water partition coefficient (Wildman–Crippen LogP) is 1.46. The Morgan fingerprint density at radius 3 is 2.84 bits per heavy atom. The van der Waals surface area contributed by atoms with Gasteiger partial charge in [-0.15, -0.1) is 0 Å². The highest BCUT2D eigenvalue weighted by atomic mass is 16.5. The van der Waals surface area contributed by atoms with Gasteiger partial charge in [0.25, 0.3) is 5.91 Å². The Morgan fingerprint density at radius 1 is 1.37 bits per heavy atom. The van der Waals surface area contributed by atoms with Crippen LogP contribution in [0.3, 0.4) is 0 Å². The number of aromatic amines is 1. The third-order valence-corrected chi connectivity index (χ3v) is 2.66. The second-order valence-electron chi connectivity index (χ2n) is 4.28. The summed E-state index contributed by atoms with van der Waals surface area (Å²) in [6, 6.07) is 7.61. The van der Waals surface area contributed by atoms with E-state index in [0.717, 1.165) is 17.7 Å². The number of amides is 1. The Kier molecular flexibility index (Phi) is 4.55. The lowest BCUT2D eigenvalue weighted by atomic mass is 10.2. The van der Waals surface area contributed by atoms with Gasteiger partial charge in [0.2, 0.25) is 0 Å². The van der Waals surface area contributed by atoms with E-state index in [4.69, 9.17) is 4.74 Å². The topological polar surface area (TPSA) is 67.0 Å². The first-order chi connectivity index (χ1) is 9.24. The molecule has 0 aliphatic heterocycles. The van der Waals surface area contributed by atoms with Crippen molar-refractivity contribution in [3.63, 3.8) is 0 Å². The molecule has 2 rings (SSSR count). The minimum absolute atomic E-state index is 0.0338. The summed E-state index contributed by atoms with van der Waals surface area (Å²) in [4.78, 5) is 18.4. The second-order valence-corrected chi connectivity index (χ2v) is 4.28. The Bertz CT molecular complexity index is 506. The molecule has 0 bridgehead atoms. The molecule has 0 spiro atoms. The van der Waals surface area contributed by atoms with Gasteiger partial charge in [0, 0.05) is 24.9 Å². The predicted molar refractivity (Wildman–Crippen MR) is 72.0 cm³/mol. The lowest BCUT2D eigenvalue weighted by Gasteiger charge is -2.07. The van der Waals surface area contributed by atoms with Gasteiger partial charge >= 0.3 is 0 Å². The number of H-pyrrole nitrogens is 1. The van der Waals surface area contributed by atoms with Crippen LogP contribution in [0.5, 0.6) is 5.75 Å². The standard InChI is InChI=1S/C14H17N3O2/c1-11-2-4-13(5-3-11)19-9-14(18)16-7-6-12-8-15-10-17-12/h2-5,8,10H,6-7,9H2,1H3,(H,15,17)(H,16,18). The van der Waals surface area contributed by atoms with Crippen molar-refractivity contribution in [3.05, 3.63) is 48.0 Å². The van der Waals surface area contributed by atoms with Crippen LogP contribution in [0.2, 0.25) is 0 Å². The summed E-state index contributed by atoms with van der Waals surface area (Å²) in [5.41, 5.74) is 2.16. The highest BCUT2D eigenvalue weighted by Gasteiger charge is 2.02. The van der Waals surface area contributed by atoms with Gasteiger partial charge < -0.3 is 15.0 Å². The molecule has 0 radical (unpaired) electrons. The third kappa shape index (κ3) is 4.46. The molecule has 0 atom stereocenters. The second kappa shape index (κ2) is 6.58. The molecule has 0 saturated carbocycles. The average Bonchev–Trinajstić information content (AvgIpc) is 2.91. The molecule has 0 aliphatic carbocycles. The van der Waals surface area contributed by atoms with Crippen LogP contribution in [-0.2, 0) is 11.2 Å². The van der Waals surface area contributed by atoms with Crippen molar-refractivity contribution < 1.29 is 9.53 Å². The number of nitrogens with zero attached hydrogens (tertiary/aromatic N) is 1. The molecule has 19 heavy (non-hydrogen) atoms. The summed E-state index contributed by atoms with van der Waals surface area (Å²) in [6.07, 6.45) is 4.10. The van der Waals surface area contributed by atoms with Gasteiger partial charge in [0.15, 0.2) is 6.61 Å². The first-order valence-electron chi connectivity index (χ1n) is 6.17. The Hall–Kier alpha value is -2.30. The number of imidazole rings is 1. The van der Waals surface area contributed by atoms with Crippen LogP contribution < -0.4 is 10.1 Å². The minimum atomic E-state index is -0.125. The summed E-state index contributed by atoms with van der Waals surface area (Å²) in [6.45, 7) is 2.61. The normalized spacial score (nSPS) is 10.2. The number of hydrogen-bond acceptors (Lipinski definition) is 3. The summed E-state index contributed by atoms with van der Waals surface area (Å²) >= 11 is 0. The fourth-order valence-corrected chi connectivity index (χ4v) is 1.59. The Morgan fingerprint density at radius 2 is 2.16 bits per heavy atom. The average molecular weight is 259 g/mol. The summed E-state index contributed by atoms with van der Waals surface area (Å²) < 4.78 is 5.38. The molecular formula is C14H17N3O2.